The number of carbonyl (C=O) groups is 2. The van der Waals surface area contributed by atoms with Crippen molar-refractivity contribution < 1.29 is 23.9 Å². The van der Waals surface area contributed by atoms with Gasteiger partial charge in [-0.1, -0.05) is 0 Å². The Bertz CT molecular complexity index is 186. The first-order valence-electron chi connectivity index (χ1n) is 3.22. The van der Waals surface area contributed by atoms with E-state index in [0.29, 0.717) is 0 Å². The molecule has 0 saturated heterocycles. The first-order valence-corrected chi connectivity index (χ1v) is 3.22. The molecule has 0 N–H and O–H groups in total. The van der Waals surface area contributed by atoms with Crippen LogP contribution >= 0.6 is 0 Å². The summed E-state index contributed by atoms with van der Waals surface area (Å²) < 4.78 is 8.66. The SMILES string of the molecule is COC(=O)CC([C]=O)OC(C)=O. The van der Waals surface area contributed by atoms with Gasteiger partial charge >= 0.3 is 11.9 Å². The highest BCUT2D eigenvalue weighted by Gasteiger charge is 2.16. The van der Waals surface area contributed by atoms with Gasteiger partial charge < -0.3 is 9.47 Å². The summed E-state index contributed by atoms with van der Waals surface area (Å²) in [7, 11) is 1.18. The van der Waals surface area contributed by atoms with Crippen LogP contribution in [0.5, 0.6) is 0 Å². The Balaban J connectivity index is 3.90. The zero-order valence-corrected chi connectivity index (χ0v) is 6.83. The van der Waals surface area contributed by atoms with Crippen molar-refractivity contribution >= 4 is 18.2 Å². The molecule has 0 aliphatic carbocycles. The van der Waals surface area contributed by atoms with E-state index in [1.807, 2.05) is 0 Å². The second kappa shape index (κ2) is 5.29. The van der Waals surface area contributed by atoms with Gasteiger partial charge in [0.25, 0.3) is 0 Å². The molecule has 0 aliphatic rings. The summed E-state index contributed by atoms with van der Waals surface area (Å²) in [5, 5.41) is 0. The van der Waals surface area contributed by atoms with Gasteiger partial charge in [-0.2, -0.15) is 0 Å². The average molecular weight is 173 g/mol. The zero-order valence-electron chi connectivity index (χ0n) is 6.83. The molecule has 1 atom stereocenters. The molecule has 0 heterocycles. The molecule has 0 bridgehead atoms. The normalized spacial score (nSPS) is 11.5. The molecule has 0 amide bonds. The second-order valence-electron chi connectivity index (χ2n) is 2.00. The lowest BCUT2D eigenvalue weighted by atomic mass is 10.3. The topological polar surface area (TPSA) is 69.7 Å². The quantitative estimate of drug-likeness (QED) is 0.540. The van der Waals surface area contributed by atoms with Crippen LogP contribution < -0.4 is 0 Å². The van der Waals surface area contributed by atoms with Crippen LogP contribution in [-0.2, 0) is 23.9 Å². The molecular formula is C7H9O5. The van der Waals surface area contributed by atoms with Crippen molar-refractivity contribution in [2.45, 2.75) is 19.4 Å². The van der Waals surface area contributed by atoms with Crippen LogP contribution in [0.15, 0.2) is 0 Å². The Hall–Kier alpha value is -1.39. The molecule has 1 radical (unpaired) electrons. The van der Waals surface area contributed by atoms with E-state index in [1.165, 1.54) is 13.4 Å². The van der Waals surface area contributed by atoms with Gasteiger partial charge in [-0.25, -0.2) is 0 Å². The molecule has 0 rings (SSSR count). The lowest BCUT2D eigenvalue weighted by Crippen LogP contribution is -2.22. The third-order valence-electron chi connectivity index (χ3n) is 1.02. The van der Waals surface area contributed by atoms with Gasteiger partial charge in [-0.15, -0.1) is 0 Å². The van der Waals surface area contributed by atoms with Crippen molar-refractivity contribution in [2.24, 2.45) is 0 Å². The van der Waals surface area contributed by atoms with Crippen molar-refractivity contribution in [3.63, 3.8) is 0 Å². The highest BCUT2D eigenvalue weighted by molar-refractivity contribution is 5.77. The van der Waals surface area contributed by atoms with Crippen LogP contribution in [0.4, 0.5) is 0 Å². The molecule has 0 spiro atoms. The monoisotopic (exact) mass is 173 g/mol. The first-order chi connectivity index (χ1) is 5.60. The smallest absolute Gasteiger partial charge is 0.309 e. The van der Waals surface area contributed by atoms with E-state index < -0.39 is 18.0 Å². The first kappa shape index (κ1) is 10.6. The van der Waals surface area contributed by atoms with Gasteiger partial charge in [0, 0.05) is 6.92 Å². The Morgan fingerprint density at radius 1 is 1.50 bits per heavy atom. The van der Waals surface area contributed by atoms with E-state index in [4.69, 9.17) is 0 Å². The van der Waals surface area contributed by atoms with E-state index in [-0.39, 0.29) is 6.42 Å². The number of hydrogen-bond donors (Lipinski definition) is 0. The standard InChI is InChI=1S/C7H9O5/c1-5(9)12-6(4-8)3-7(10)11-2/h6H,3H2,1-2H3. The number of hydrogen-bond acceptors (Lipinski definition) is 5. The van der Waals surface area contributed by atoms with Crippen molar-refractivity contribution in [3.05, 3.63) is 0 Å². The minimum atomic E-state index is -1.16. The van der Waals surface area contributed by atoms with Gasteiger partial charge in [0.05, 0.1) is 13.5 Å². The van der Waals surface area contributed by atoms with E-state index in [2.05, 4.69) is 9.47 Å². The molecule has 5 nitrogen and oxygen atoms in total. The number of methoxy groups -OCH3 is 1. The van der Waals surface area contributed by atoms with E-state index in [9.17, 15) is 14.4 Å². The van der Waals surface area contributed by atoms with Gasteiger partial charge in [0.1, 0.15) is 0 Å². The Labute approximate surface area is 69.6 Å². The average Bonchev–Trinajstić information content (AvgIpc) is 2.02. The number of rotatable bonds is 4. The maximum absolute atomic E-state index is 10.6. The van der Waals surface area contributed by atoms with Gasteiger partial charge in [-0.05, 0) is 0 Å². The van der Waals surface area contributed by atoms with Crippen molar-refractivity contribution in [1.82, 2.24) is 0 Å². The van der Waals surface area contributed by atoms with Gasteiger partial charge in [0.2, 0.25) is 6.29 Å². The van der Waals surface area contributed by atoms with E-state index in [0.717, 1.165) is 6.92 Å². The maximum Gasteiger partial charge on any atom is 0.309 e. The summed E-state index contributed by atoms with van der Waals surface area (Å²) in [6.07, 6.45) is -0.0448. The minimum Gasteiger partial charge on any atom is -0.469 e. The summed E-state index contributed by atoms with van der Waals surface area (Å²) in [6.45, 7) is 1.14. The maximum atomic E-state index is 10.6. The fourth-order valence-electron chi connectivity index (χ4n) is 0.542. The summed E-state index contributed by atoms with van der Waals surface area (Å²) in [4.78, 5) is 31.0. The number of esters is 2. The molecular weight excluding hydrogens is 164 g/mol. The Morgan fingerprint density at radius 3 is 2.42 bits per heavy atom. The minimum absolute atomic E-state index is 0.292. The summed E-state index contributed by atoms with van der Waals surface area (Å²) in [5.74, 6) is -1.25. The molecule has 0 saturated carbocycles. The third-order valence-corrected chi connectivity index (χ3v) is 1.02. The highest BCUT2D eigenvalue weighted by Crippen LogP contribution is 1.97. The molecule has 0 aliphatic heterocycles. The Morgan fingerprint density at radius 2 is 2.08 bits per heavy atom. The molecule has 0 aromatic carbocycles. The van der Waals surface area contributed by atoms with Gasteiger partial charge in [0.15, 0.2) is 6.10 Å². The molecule has 0 aromatic rings. The molecule has 0 aromatic heterocycles. The summed E-state index contributed by atoms with van der Waals surface area (Å²) in [6, 6.07) is 0. The molecule has 12 heavy (non-hydrogen) atoms. The lowest BCUT2D eigenvalue weighted by Gasteiger charge is -2.07. The summed E-state index contributed by atoms with van der Waals surface area (Å²) in [5.41, 5.74) is 0. The van der Waals surface area contributed by atoms with Crippen molar-refractivity contribution in [3.8, 4) is 0 Å². The highest BCUT2D eigenvalue weighted by atomic mass is 16.6. The molecule has 5 heteroatoms. The van der Waals surface area contributed by atoms with Gasteiger partial charge in [-0.3, -0.25) is 14.4 Å². The second-order valence-corrected chi connectivity index (χ2v) is 2.00. The van der Waals surface area contributed by atoms with Crippen LogP contribution in [0.1, 0.15) is 13.3 Å². The fourth-order valence-corrected chi connectivity index (χ4v) is 0.542. The fraction of sp³-hybridized carbons (Fsp3) is 0.571. The predicted molar refractivity (Wildman–Crippen MR) is 37.9 cm³/mol. The largest absolute Gasteiger partial charge is 0.469 e. The van der Waals surface area contributed by atoms with Crippen LogP contribution in [-0.4, -0.2) is 31.4 Å². The lowest BCUT2D eigenvalue weighted by molar-refractivity contribution is -0.148. The van der Waals surface area contributed by atoms with E-state index >= 15 is 0 Å². The third kappa shape index (κ3) is 4.43. The number of ether oxygens (including phenoxy) is 2. The Kier molecular flexibility index (Phi) is 4.67. The van der Waals surface area contributed by atoms with E-state index in [1.54, 1.807) is 0 Å². The molecule has 1 unspecified atom stereocenters. The van der Waals surface area contributed by atoms with Crippen LogP contribution in [0.3, 0.4) is 0 Å². The molecule has 67 valence electrons. The van der Waals surface area contributed by atoms with Crippen molar-refractivity contribution in [1.29, 1.82) is 0 Å². The zero-order chi connectivity index (χ0) is 9.56. The number of carbonyl (C=O) groups excluding carboxylic acids is 3. The van der Waals surface area contributed by atoms with Crippen LogP contribution in [0.2, 0.25) is 0 Å². The predicted octanol–water partition coefficient (Wildman–Crippen LogP) is -0.409. The van der Waals surface area contributed by atoms with Crippen LogP contribution in [0.25, 0.3) is 0 Å². The summed E-state index contributed by atoms with van der Waals surface area (Å²) >= 11 is 0. The van der Waals surface area contributed by atoms with Crippen LogP contribution in [0, 0.1) is 0 Å². The van der Waals surface area contributed by atoms with Crippen molar-refractivity contribution in [2.75, 3.05) is 7.11 Å². The molecule has 0 fully saturated rings.